The Morgan fingerprint density at radius 1 is 1.43 bits per heavy atom. The summed E-state index contributed by atoms with van der Waals surface area (Å²) < 4.78 is 0. The molecule has 3 heteroatoms. The summed E-state index contributed by atoms with van der Waals surface area (Å²) in [5.74, 6) is 0. The van der Waals surface area contributed by atoms with Crippen molar-refractivity contribution in [1.29, 1.82) is 0 Å². The van der Waals surface area contributed by atoms with Gasteiger partial charge in [-0.15, -0.1) is 11.8 Å². The minimum Gasteiger partial charge on any atom is -0.394 e. The van der Waals surface area contributed by atoms with Gasteiger partial charge < -0.3 is 10.8 Å². The molecule has 0 aliphatic rings. The molecule has 0 aliphatic carbocycles. The maximum atomic E-state index is 9.04. The van der Waals surface area contributed by atoms with Gasteiger partial charge in [0.1, 0.15) is 0 Å². The topological polar surface area (TPSA) is 46.2 Å². The van der Waals surface area contributed by atoms with Crippen LogP contribution in [0.2, 0.25) is 0 Å². The van der Waals surface area contributed by atoms with Crippen LogP contribution in [0, 0.1) is 13.8 Å². The average molecular weight is 211 g/mol. The van der Waals surface area contributed by atoms with Gasteiger partial charge in [-0.1, -0.05) is 0 Å². The van der Waals surface area contributed by atoms with Crippen LogP contribution in [0.1, 0.15) is 22.7 Å². The Labute approximate surface area is 89.5 Å². The number of hydrogen-bond acceptors (Lipinski definition) is 3. The summed E-state index contributed by atoms with van der Waals surface area (Å²) in [4.78, 5) is 1.20. The summed E-state index contributed by atoms with van der Waals surface area (Å²) in [7, 11) is 0. The van der Waals surface area contributed by atoms with E-state index in [2.05, 4.69) is 19.1 Å². The summed E-state index contributed by atoms with van der Waals surface area (Å²) in [6, 6.07) is 3.95. The Hall–Kier alpha value is -0.510. The van der Waals surface area contributed by atoms with E-state index < -0.39 is 0 Å². The third-order valence-corrected chi connectivity index (χ3v) is 3.22. The van der Waals surface area contributed by atoms with Crippen LogP contribution in [0.25, 0.3) is 0 Å². The lowest BCUT2D eigenvalue weighted by Gasteiger charge is -2.15. The van der Waals surface area contributed by atoms with Crippen LogP contribution in [-0.2, 0) is 0 Å². The van der Waals surface area contributed by atoms with Crippen molar-refractivity contribution >= 4 is 11.8 Å². The van der Waals surface area contributed by atoms with Gasteiger partial charge in [-0.3, -0.25) is 0 Å². The van der Waals surface area contributed by atoms with E-state index >= 15 is 0 Å². The predicted molar refractivity (Wildman–Crippen MR) is 61.7 cm³/mol. The molecule has 1 aromatic rings. The molecule has 0 aliphatic heterocycles. The zero-order valence-electron chi connectivity index (χ0n) is 8.87. The van der Waals surface area contributed by atoms with Crippen molar-refractivity contribution in [2.24, 2.45) is 5.73 Å². The molecule has 78 valence electrons. The van der Waals surface area contributed by atoms with Crippen molar-refractivity contribution in [3.05, 3.63) is 28.8 Å². The van der Waals surface area contributed by atoms with Crippen molar-refractivity contribution < 1.29 is 5.11 Å². The van der Waals surface area contributed by atoms with Crippen molar-refractivity contribution in [3.8, 4) is 0 Å². The maximum absolute atomic E-state index is 9.04. The van der Waals surface area contributed by atoms with E-state index in [9.17, 15) is 0 Å². The highest BCUT2D eigenvalue weighted by Gasteiger charge is 2.10. The lowest BCUT2D eigenvalue weighted by atomic mass is 9.98. The van der Waals surface area contributed by atoms with Crippen LogP contribution in [-0.4, -0.2) is 18.0 Å². The quantitative estimate of drug-likeness (QED) is 0.752. The van der Waals surface area contributed by atoms with Crippen molar-refractivity contribution in [2.45, 2.75) is 24.8 Å². The molecular weight excluding hydrogens is 194 g/mol. The van der Waals surface area contributed by atoms with Crippen LogP contribution < -0.4 is 5.73 Å². The molecule has 2 nitrogen and oxygen atoms in total. The largest absolute Gasteiger partial charge is 0.394 e. The highest BCUT2D eigenvalue weighted by atomic mass is 32.2. The highest BCUT2D eigenvalue weighted by molar-refractivity contribution is 7.98. The Morgan fingerprint density at radius 2 is 2.07 bits per heavy atom. The zero-order valence-corrected chi connectivity index (χ0v) is 9.69. The number of thioether (sulfide) groups is 1. The van der Waals surface area contributed by atoms with Gasteiger partial charge in [0, 0.05) is 4.90 Å². The summed E-state index contributed by atoms with van der Waals surface area (Å²) in [6.07, 6.45) is 2.04. The average Bonchev–Trinajstić information content (AvgIpc) is 2.20. The molecule has 0 spiro atoms. The maximum Gasteiger partial charge on any atom is 0.0624 e. The first-order valence-electron chi connectivity index (χ1n) is 4.61. The predicted octanol–water partition coefficient (Wildman–Crippen LogP) is 2.02. The van der Waals surface area contributed by atoms with E-state index in [0.717, 1.165) is 5.56 Å². The smallest absolute Gasteiger partial charge is 0.0624 e. The zero-order chi connectivity index (χ0) is 10.7. The van der Waals surface area contributed by atoms with Crippen LogP contribution in [0.3, 0.4) is 0 Å². The number of nitrogens with two attached hydrogens (primary N) is 1. The Bertz CT molecular complexity index is 325. The molecule has 1 atom stereocenters. The number of aliphatic hydroxyl groups is 1. The second-order valence-corrected chi connectivity index (χ2v) is 4.33. The molecule has 1 rings (SSSR count). The van der Waals surface area contributed by atoms with Gasteiger partial charge in [0.25, 0.3) is 0 Å². The molecule has 0 bridgehead atoms. The monoisotopic (exact) mass is 211 g/mol. The van der Waals surface area contributed by atoms with Crippen LogP contribution in [0.4, 0.5) is 0 Å². The first-order valence-corrected chi connectivity index (χ1v) is 5.84. The summed E-state index contributed by atoms with van der Waals surface area (Å²) >= 11 is 1.70. The van der Waals surface area contributed by atoms with Crippen molar-refractivity contribution in [3.63, 3.8) is 0 Å². The molecule has 1 unspecified atom stereocenters. The standard InChI is InChI=1S/C11H17NOS/c1-7-4-9(14-3)5-10(8(7)2)11(12)6-13/h4-5,11,13H,6,12H2,1-3H3. The van der Waals surface area contributed by atoms with Crippen LogP contribution >= 0.6 is 11.8 Å². The van der Waals surface area contributed by atoms with Gasteiger partial charge in [-0.05, 0) is 48.9 Å². The molecule has 0 radical (unpaired) electrons. The molecule has 1 aromatic carbocycles. The van der Waals surface area contributed by atoms with E-state index in [4.69, 9.17) is 10.8 Å². The molecular formula is C11H17NOS. The molecule has 0 saturated carbocycles. The lowest BCUT2D eigenvalue weighted by molar-refractivity contribution is 0.267. The van der Waals surface area contributed by atoms with Gasteiger partial charge in [-0.25, -0.2) is 0 Å². The molecule has 0 heterocycles. The van der Waals surface area contributed by atoms with Crippen molar-refractivity contribution in [1.82, 2.24) is 0 Å². The lowest BCUT2D eigenvalue weighted by Crippen LogP contribution is -2.16. The van der Waals surface area contributed by atoms with E-state index in [1.165, 1.54) is 16.0 Å². The number of aliphatic hydroxyl groups excluding tert-OH is 1. The van der Waals surface area contributed by atoms with E-state index in [1.807, 2.05) is 13.2 Å². The fourth-order valence-electron chi connectivity index (χ4n) is 1.45. The van der Waals surface area contributed by atoms with E-state index in [1.54, 1.807) is 11.8 Å². The first kappa shape index (κ1) is 11.6. The third kappa shape index (κ3) is 2.29. The summed E-state index contributed by atoms with van der Waals surface area (Å²) in [5, 5.41) is 9.04. The van der Waals surface area contributed by atoms with Gasteiger partial charge in [0.2, 0.25) is 0 Å². The molecule has 0 saturated heterocycles. The molecule has 3 N–H and O–H groups in total. The fourth-order valence-corrected chi connectivity index (χ4v) is 1.99. The third-order valence-electron chi connectivity index (χ3n) is 2.51. The van der Waals surface area contributed by atoms with Crippen LogP contribution in [0.15, 0.2) is 17.0 Å². The number of aryl methyl sites for hydroxylation is 1. The summed E-state index contributed by atoms with van der Waals surface area (Å²) in [6.45, 7) is 4.12. The van der Waals surface area contributed by atoms with E-state index in [0.29, 0.717) is 0 Å². The Kier molecular flexibility index (Phi) is 3.98. The molecule has 0 amide bonds. The number of benzene rings is 1. The number of hydrogen-bond donors (Lipinski definition) is 2. The minimum absolute atomic E-state index is 0.00187. The second kappa shape index (κ2) is 4.82. The SMILES string of the molecule is CSc1cc(C)c(C)c(C(N)CO)c1. The first-order chi connectivity index (χ1) is 6.60. The van der Waals surface area contributed by atoms with Gasteiger partial charge in [0.05, 0.1) is 12.6 Å². The Balaban J connectivity index is 3.20. The van der Waals surface area contributed by atoms with Gasteiger partial charge >= 0.3 is 0 Å². The Morgan fingerprint density at radius 3 is 2.57 bits per heavy atom. The second-order valence-electron chi connectivity index (χ2n) is 3.45. The van der Waals surface area contributed by atoms with Crippen LogP contribution in [0.5, 0.6) is 0 Å². The summed E-state index contributed by atoms with van der Waals surface area (Å²) in [5.41, 5.74) is 9.30. The molecule has 0 fully saturated rings. The molecule has 14 heavy (non-hydrogen) atoms. The fraction of sp³-hybridized carbons (Fsp3) is 0.455. The highest BCUT2D eigenvalue weighted by Crippen LogP contribution is 2.25. The van der Waals surface area contributed by atoms with Gasteiger partial charge in [0.15, 0.2) is 0 Å². The normalized spacial score (nSPS) is 12.9. The van der Waals surface area contributed by atoms with Crippen molar-refractivity contribution in [2.75, 3.05) is 12.9 Å². The van der Waals surface area contributed by atoms with E-state index in [-0.39, 0.29) is 12.6 Å². The van der Waals surface area contributed by atoms with Gasteiger partial charge in [-0.2, -0.15) is 0 Å². The molecule has 0 aromatic heterocycles. The number of rotatable bonds is 3. The minimum atomic E-state index is -0.263.